The van der Waals surface area contributed by atoms with Gasteiger partial charge in [-0.2, -0.15) is 0 Å². The quantitative estimate of drug-likeness (QED) is 0.247. The van der Waals surface area contributed by atoms with Gasteiger partial charge in [-0.25, -0.2) is 4.98 Å². The van der Waals surface area contributed by atoms with Gasteiger partial charge in [-0.15, -0.1) is 0 Å². The average Bonchev–Trinajstić information content (AvgIpc) is 2.95. The van der Waals surface area contributed by atoms with Crippen LogP contribution in [0.25, 0.3) is 0 Å². The highest BCUT2D eigenvalue weighted by Crippen LogP contribution is 2.37. The number of rotatable bonds is 8. The Balaban J connectivity index is 1.66. The van der Waals surface area contributed by atoms with E-state index in [1.807, 2.05) is 0 Å². The molecule has 0 saturated carbocycles. The van der Waals surface area contributed by atoms with Gasteiger partial charge in [0.2, 0.25) is 12.2 Å². The maximum Gasteiger partial charge on any atom is 0.259 e. The smallest absolute Gasteiger partial charge is 0.259 e. The van der Waals surface area contributed by atoms with Gasteiger partial charge in [-0.05, 0) is 64.0 Å². The van der Waals surface area contributed by atoms with Gasteiger partial charge in [0.25, 0.3) is 5.91 Å². The second-order valence-electron chi connectivity index (χ2n) is 10.4. The van der Waals surface area contributed by atoms with Crippen molar-refractivity contribution in [2.75, 3.05) is 30.3 Å². The number of hydrogen-bond donors (Lipinski definition) is 6. The van der Waals surface area contributed by atoms with Gasteiger partial charge in [0, 0.05) is 22.6 Å². The van der Waals surface area contributed by atoms with Crippen LogP contribution in [0.3, 0.4) is 0 Å². The van der Waals surface area contributed by atoms with Gasteiger partial charge < -0.3 is 45.4 Å². The van der Waals surface area contributed by atoms with E-state index in [0.29, 0.717) is 28.4 Å². The maximum atomic E-state index is 13.5. The van der Waals surface area contributed by atoms with Gasteiger partial charge in [-0.3, -0.25) is 9.59 Å². The predicted octanol–water partition coefficient (Wildman–Crippen LogP) is 1.99. The minimum atomic E-state index is -1.70. The molecule has 12 nitrogen and oxygen atoms in total. The minimum absolute atomic E-state index is 0.00733. The zero-order chi connectivity index (χ0) is 29.8. The molecule has 2 saturated heterocycles. The fourth-order valence-electron chi connectivity index (χ4n) is 4.81. The van der Waals surface area contributed by atoms with Crippen LogP contribution >= 0.6 is 27.5 Å². The summed E-state index contributed by atoms with van der Waals surface area (Å²) in [5.41, 5.74) is 0.0246. The molecule has 14 heteroatoms. The molecule has 3 heterocycles. The lowest BCUT2D eigenvalue weighted by Gasteiger charge is -2.39. The molecule has 4 rings (SSSR count). The predicted molar refractivity (Wildman–Crippen MR) is 154 cm³/mol. The number of carbonyl (C=O) groups excluding carboxylic acids is 2. The second-order valence-corrected chi connectivity index (χ2v) is 11.7. The van der Waals surface area contributed by atoms with Crippen molar-refractivity contribution in [3.8, 4) is 5.75 Å². The largest absolute Gasteiger partial charge is 0.460 e. The molecule has 0 unspecified atom stereocenters. The standard InChI is InChI=1S/C27H34BrClN4O8/c1-13(2)33-7-5-14(6-8-33)25(38)32-21-17(26(39)31-20-4-3-16(29)11-30-20)9-15(28)10-18(21)40-27-24(37)23(36)22(35)19(12-34)41-27/h3-4,9-11,13-14,19,22-24,27,34-37H,5-8,12H2,1-2H3,(H,32,38)(H,30,31,39)/t19-,22-,23+,24-,27+/m1/s1. The number of aliphatic hydroxyl groups excluding tert-OH is 4. The normalized spacial score (nSPS) is 25.6. The highest BCUT2D eigenvalue weighted by atomic mass is 79.9. The SMILES string of the molecule is CC(C)N1CCC(C(=O)Nc2c(O[C@H]3O[C@H](CO)[C@@H](O)[C@H](O)[C@H]3O)cc(Br)cc2C(=O)Nc2ccc(Cl)cn2)CC1. The molecule has 2 aliphatic rings. The number of aromatic nitrogens is 1. The van der Waals surface area contributed by atoms with Crippen molar-refractivity contribution in [2.24, 2.45) is 5.92 Å². The van der Waals surface area contributed by atoms with Crippen LogP contribution in [0.1, 0.15) is 37.0 Å². The number of aliphatic hydroxyl groups is 4. The highest BCUT2D eigenvalue weighted by molar-refractivity contribution is 9.10. The number of hydrogen-bond acceptors (Lipinski definition) is 10. The second kappa shape index (κ2) is 13.7. The van der Waals surface area contributed by atoms with Crippen molar-refractivity contribution in [1.82, 2.24) is 9.88 Å². The molecule has 41 heavy (non-hydrogen) atoms. The van der Waals surface area contributed by atoms with E-state index in [1.165, 1.54) is 24.4 Å². The molecular weight excluding hydrogens is 624 g/mol. The average molecular weight is 658 g/mol. The summed E-state index contributed by atoms with van der Waals surface area (Å²) in [6.07, 6.45) is -5.10. The van der Waals surface area contributed by atoms with Crippen molar-refractivity contribution in [2.45, 2.75) is 63.4 Å². The zero-order valence-corrected chi connectivity index (χ0v) is 24.9. The third kappa shape index (κ3) is 7.54. The van der Waals surface area contributed by atoms with E-state index < -0.39 is 43.2 Å². The fraction of sp³-hybridized carbons (Fsp3) is 0.519. The van der Waals surface area contributed by atoms with Crippen LogP contribution in [0.15, 0.2) is 34.9 Å². The number of nitrogens with zero attached hydrogens (tertiary/aromatic N) is 2. The number of amides is 2. The molecule has 2 aromatic rings. The first-order chi connectivity index (χ1) is 19.5. The third-order valence-corrected chi connectivity index (χ3v) is 7.93. The summed E-state index contributed by atoms with van der Waals surface area (Å²) in [4.78, 5) is 33.3. The monoisotopic (exact) mass is 656 g/mol. The van der Waals surface area contributed by atoms with Crippen LogP contribution in [-0.4, -0.2) is 98.6 Å². The fourth-order valence-corrected chi connectivity index (χ4v) is 5.36. The summed E-state index contributed by atoms with van der Waals surface area (Å²) in [6, 6.07) is 6.40. The zero-order valence-electron chi connectivity index (χ0n) is 22.5. The van der Waals surface area contributed by atoms with Crippen LogP contribution in [-0.2, 0) is 9.53 Å². The molecule has 2 aliphatic heterocycles. The summed E-state index contributed by atoms with van der Waals surface area (Å²) < 4.78 is 11.8. The lowest BCUT2D eigenvalue weighted by atomic mass is 9.95. The number of pyridine rings is 1. The Morgan fingerprint density at radius 1 is 1.15 bits per heavy atom. The molecule has 1 aromatic carbocycles. The van der Waals surface area contributed by atoms with Crippen molar-refractivity contribution in [3.05, 3.63) is 45.5 Å². The highest BCUT2D eigenvalue weighted by Gasteiger charge is 2.45. The van der Waals surface area contributed by atoms with E-state index >= 15 is 0 Å². The first-order valence-electron chi connectivity index (χ1n) is 13.3. The summed E-state index contributed by atoms with van der Waals surface area (Å²) >= 11 is 9.26. The van der Waals surface area contributed by atoms with Gasteiger partial charge in [0.15, 0.2) is 0 Å². The van der Waals surface area contributed by atoms with Crippen LogP contribution in [0.2, 0.25) is 5.02 Å². The number of nitrogens with one attached hydrogen (secondary N) is 2. The van der Waals surface area contributed by atoms with E-state index in [-0.39, 0.29) is 34.6 Å². The number of benzene rings is 1. The molecular formula is C27H34BrClN4O8. The Kier molecular flexibility index (Phi) is 10.6. The molecule has 0 radical (unpaired) electrons. The van der Waals surface area contributed by atoms with E-state index in [2.05, 4.69) is 50.3 Å². The molecule has 5 atom stereocenters. The van der Waals surface area contributed by atoms with Crippen molar-refractivity contribution in [3.63, 3.8) is 0 Å². The van der Waals surface area contributed by atoms with E-state index in [0.717, 1.165) is 13.1 Å². The number of ether oxygens (including phenoxy) is 2. The first-order valence-corrected chi connectivity index (χ1v) is 14.4. The van der Waals surface area contributed by atoms with Gasteiger partial charge in [-0.1, -0.05) is 27.5 Å². The van der Waals surface area contributed by atoms with Crippen molar-refractivity contribution < 1.29 is 39.5 Å². The van der Waals surface area contributed by atoms with Gasteiger partial charge >= 0.3 is 0 Å². The molecule has 224 valence electrons. The molecule has 0 spiro atoms. The van der Waals surface area contributed by atoms with Crippen LogP contribution < -0.4 is 15.4 Å². The van der Waals surface area contributed by atoms with E-state index in [4.69, 9.17) is 21.1 Å². The minimum Gasteiger partial charge on any atom is -0.460 e. The Labute approximate surface area is 250 Å². The first kappa shape index (κ1) is 31.6. The molecule has 0 bridgehead atoms. The number of likely N-dealkylation sites (tertiary alicyclic amines) is 1. The molecule has 0 aliphatic carbocycles. The molecule has 1 aromatic heterocycles. The van der Waals surface area contributed by atoms with Crippen LogP contribution in [0.4, 0.5) is 11.5 Å². The number of anilines is 2. The van der Waals surface area contributed by atoms with Gasteiger partial charge in [0.1, 0.15) is 36.0 Å². The number of piperidine rings is 1. The lowest BCUT2D eigenvalue weighted by Crippen LogP contribution is -2.60. The maximum absolute atomic E-state index is 13.5. The summed E-state index contributed by atoms with van der Waals surface area (Å²) in [7, 11) is 0. The third-order valence-electron chi connectivity index (χ3n) is 7.25. The Morgan fingerprint density at radius 3 is 2.46 bits per heavy atom. The summed E-state index contributed by atoms with van der Waals surface area (Å²) in [5.74, 6) is -1.08. The number of carbonyl (C=O) groups is 2. The number of halogens is 2. The topological polar surface area (TPSA) is 174 Å². The van der Waals surface area contributed by atoms with Crippen LogP contribution in [0.5, 0.6) is 5.75 Å². The van der Waals surface area contributed by atoms with E-state index in [1.54, 1.807) is 6.07 Å². The van der Waals surface area contributed by atoms with Crippen molar-refractivity contribution >= 4 is 50.9 Å². The molecule has 2 amide bonds. The Morgan fingerprint density at radius 2 is 1.85 bits per heavy atom. The van der Waals surface area contributed by atoms with E-state index in [9.17, 15) is 30.0 Å². The Hall–Kier alpha value is -2.36. The molecule has 6 N–H and O–H groups in total. The lowest BCUT2D eigenvalue weighted by molar-refractivity contribution is -0.277. The molecule has 2 fully saturated rings. The van der Waals surface area contributed by atoms with Crippen molar-refractivity contribution in [1.29, 1.82) is 0 Å². The summed E-state index contributed by atoms with van der Waals surface area (Å²) in [6.45, 7) is 5.06. The van der Waals surface area contributed by atoms with Crippen LogP contribution in [0, 0.1) is 5.92 Å². The Bertz CT molecular complexity index is 1230. The van der Waals surface area contributed by atoms with Gasteiger partial charge in [0.05, 0.1) is 22.9 Å². The summed E-state index contributed by atoms with van der Waals surface area (Å²) in [5, 5.41) is 46.4.